The van der Waals surface area contributed by atoms with E-state index in [9.17, 15) is 4.79 Å². The van der Waals surface area contributed by atoms with Crippen molar-refractivity contribution in [3.8, 4) is 0 Å². The summed E-state index contributed by atoms with van der Waals surface area (Å²) in [6, 6.07) is -0.459. The zero-order valence-electron chi connectivity index (χ0n) is 8.27. The molecule has 14 heavy (non-hydrogen) atoms. The quantitative estimate of drug-likeness (QED) is 0.621. The lowest BCUT2D eigenvalue weighted by molar-refractivity contribution is -0.163. The Morgan fingerprint density at radius 2 is 2.14 bits per heavy atom. The van der Waals surface area contributed by atoms with E-state index >= 15 is 0 Å². The minimum atomic E-state index is -0.864. The maximum absolute atomic E-state index is 10.8. The van der Waals surface area contributed by atoms with E-state index in [1.807, 2.05) is 13.8 Å². The summed E-state index contributed by atoms with van der Waals surface area (Å²) < 4.78 is 11.1. The number of hydrogen-bond acceptors (Lipinski definition) is 4. The monoisotopic (exact) mass is 201 g/mol. The molecule has 1 aliphatic carbocycles. The first-order chi connectivity index (χ1) is 6.41. The predicted octanol–water partition coefficient (Wildman–Crippen LogP) is -0.0617. The molecule has 80 valence electrons. The number of aliphatic carboxylic acids is 1. The van der Waals surface area contributed by atoms with Gasteiger partial charge in [-0.1, -0.05) is 0 Å². The van der Waals surface area contributed by atoms with Gasteiger partial charge in [0.05, 0.1) is 12.0 Å². The van der Waals surface area contributed by atoms with Crippen LogP contribution in [0.25, 0.3) is 0 Å². The van der Waals surface area contributed by atoms with E-state index in [0.29, 0.717) is 6.42 Å². The number of carboxylic acid groups (broad SMARTS) is 1. The fraction of sp³-hybridized carbons (Fsp3) is 0.889. The highest BCUT2D eigenvalue weighted by Crippen LogP contribution is 2.40. The van der Waals surface area contributed by atoms with Crippen LogP contribution in [0.2, 0.25) is 0 Å². The normalized spacial score (nSPS) is 45.1. The van der Waals surface area contributed by atoms with Crippen molar-refractivity contribution in [3.05, 3.63) is 0 Å². The fourth-order valence-electron chi connectivity index (χ4n) is 2.27. The van der Waals surface area contributed by atoms with E-state index in [2.05, 4.69) is 0 Å². The maximum Gasteiger partial charge on any atom is 0.308 e. The van der Waals surface area contributed by atoms with Gasteiger partial charge < -0.3 is 20.3 Å². The fourth-order valence-corrected chi connectivity index (χ4v) is 2.27. The first-order valence-electron chi connectivity index (χ1n) is 4.75. The molecule has 4 atom stereocenters. The van der Waals surface area contributed by atoms with E-state index in [4.69, 9.17) is 20.3 Å². The van der Waals surface area contributed by atoms with Crippen LogP contribution in [0.4, 0.5) is 0 Å². The smallest absolute Gasteiger partial charge is 0.308 e. The summed E-state index contributed by atoms with van der Waals surface area (Å²) in [5.41, 5.74) is 5.80. The van der Waals surface area contributed by atoms with Crippen molar-refractivity contribution < 1.29 is 19.4 Å². The molecule has 5 nitrogen and oxygen atoms in total. The van der Waals surface area contributed by atoms with Gasteiger partial charge in [-0.2, -0.15) is 0 Å². The molecule has 3 N–H and O–H groups in total. The molecular weight excluding hydrogens is 186 g/mol. The molecule has 0 aromatic rings. The van der Waals surface area contributed by atoms with Gasteiger partial charge in [-0.3, -0.25) is 4.79 Å². The van der Waals surface area contributed by atoms with Crippen molar-refractivity contribution in [1.29, 1.82) is 0 Å². The van der Waals surface area contributed by atoms with E-state index in [1.165, 1.54) is 0 Å². The lowest BCUT2D eigenvalue weighted by atomic mass is 10.0. The summed E-state index contributed by atoms with van der Waals surface area (Å²) in [6.45, 7) is 3.63. The van der Waals surface area contributed by atoms with Crippen LogP contribution in [0.3, 0.4) is 0 Å². The van der Waals surface area contributed by atoms with Gasteiger partial charge >= 0.3 is 5.97 Å². The molecule has 0 spiro atoms. The molecule has 0 unspecified atom stereocenters. The van der Waals surface area contributed by atoms with Crippen molar-refractivity contribution >= 4 is 5.97 Å². The molecule has 1 saturated carbocycles. The van der Waals surface area contributed by atoms with Crippen LogP contribution in [0.1, 0.15) is 20.3 Å². The van der Waals surface area contributed by atoms with Crippen molar-refractivity contribution in [2.45, 2.75) is 44.3 Å². The van der Waals surface area contributed by atoms with Gasteiger partial charge in [-0.05, 0) is 20.3 Å². The summed E-state index contributed by atoms with van der Waals surface area (Å²) in [4.78, 5) is 10.8. The van der Waals surface area contributed by atoms with Gasteiger partial charge in [0.1, 0.15) is 6.10 Å². The Morgan fingerprint density at radius 3 is 2.64 bits per heavy atom. The highest BCUT2D eigenvalue weighted by atomic mass is 16.8. The number of rotatable bonds is 1. The lowest BCUT2D eigenvalue weighted by Gasteiger charge is -2.22. The minimum Gasteiger partial charge on any atom is -0.481 e. The first kappa shape index (κ1) is 9.89. The zero-order chi connectivity index (χ0) is 10.5. The summed E-state index contributed by atoms with van der Waals surface area (Å²) in [5.74, 6) is -2.03. The summed E-state index contributed by atoms with van der Waals surface area (Å²) >= 11 is 0. The van der Waals surface area contributed by atoms with Crippen molar-refractivity contribution in [2.75, 3.05) is 0 Å². The molecule has 1 heterocycles. The van der Waals surface area contributed by atoms with Gasteiger partial charge in [-0.15, -0.1) is 0 Å². The number of carbonyl (C=O) groups is 1. The molecular formula is C9H15NO4. The summed E-state index contributed by atoms with van der Waals surface area (Å²) in [6.07, 6.45) is 0.0112. The van der Waals surface area contributed by atoms with Crippen molar-refractivity contribution in [1.82, 2.24) is 0 Å². The van der Waals surface area contributed by atoms with Crippen LogP contribution >= 0.6 is 0 Å². The van der Waals surface area contributed by atoms with Gasteiger partial charge in [0, 0.05) is 6.04 Å². The largest absolute Gasteiger partial charge is 0.481 e. The summed E-state index contributed by atoms with van der Waals surface area (Å²) in [5, 5.41) is 8.88. The molecule has 1 aliphatic heterocycles. The molecule has 0 aromatic carbocycles. The standard InChI is InChI=1S/C9H15NO4/c1-9(2)13-5-3-4(8(11)12)6(10)7(5)14-9/h4-7H,3,10H2,1-2H3,(H,11,12)/t4-,5-,6-,7-/m0/s1. The van der Waals surface area contributed by atoms with Gasteiger partial charge in [0.15, 0.2) is 5.79 Å². The van der Waals surface area contributed by atoms with Crippen LogP contribution in [-0.4, -0.2) is 35.1 Å². The van der Waals surface area contributed by atoms with Gasteiger partial charge in [0.25, 0.3) is 0 Å². The Bertz CT molecular complexity index is 266. The third kappa shape index (κ3) is 1.41. The molecule has 0 bridgehead atoms. The molecule has 0 aromatic heterocycles. The SMILES string of the molecule is CC1(C)O[C@@H]2[C@@H](N)[C@@H](C(=O)O)C[C@@H]2O1. The molecule has 2 rings (SSSR count). The second kappa shape index (κ2) is 2.92. The van der Waals surface area contributed by atoms with Crippen LogP contribution in [0.5, 0.6) is 0 Å². The second-order valence-corrected chi connectivity index (χ2v) is 4.40. The van der Waals surface area contributed by atoms with Crippen molar-refractivity contribution in [3.63, 3.8) is 0 Å². The van der Waals surface area contributed by atoms with Crippen LogP contribution in [0.15, 0.2) is 0 Å². The lowest BCUT2D eigenvalue weighted by Crippen LogP contribution is -2.41. The number of carboxylic acids is 1. The number of hydrogen-bond donors (Lipinski definition) is 2. The Morgan fingerprint density at radius 1 is 1.50 bits per heavy atom. The summed E-state index contributed by atoms with van der Waals surface area (Å²) in [7, 11) is 0. The second-order valence-electron chi connectivity index (χ2n) is 4.40. The third-order valence-electron chi connectivity index (χ3n) is 2.87. The average molecular weight is 201 g/mol. The number of fused-ring (bicyclic) bond motifs is 1. The van der Waals surface area contributed by atoms with E-state index in [1.54, 1.807) is 0 Å². The Kier molecular flexibility index (Phi) is 2.06. The van der Waals surface area contributed by atoms with E-state index < -0.39 is 23.7 Å². The number of ether oxygens (including phenoxy) is 2. The van der Waals surface area contributed by atoms with E-state index in [0.717, 1.165) is 0 Å². The van der Waals surface area contributed by atoms with Crippen LogP contribution in [0, 0.1) is 5.92 Å². The highest BCUT2D eigenvalue weighted by molar-refractivity contribution is 5.71. The minimum absolute atomic E-state index is 0.166. The number of nitrogens with two attached hydrogens (primary N) is 1. The maximum atomic E-state index is 10.8. The van der Waals surface area contributed by atoms with Gasteiger partial charge in [-0.25, -0.2) is 0 Å². The predicted molar refractivity (Wildman–Crippen MR) is 47.5 cm³/mol. The molecule has 0 amide bonds. The van der Waals surface area contributed by atoms with Crippen molar-refractivity contribution in [2.24, 2.45) is 11.7 Å². The molecule has 2 fully saturated rings. The van der Waals surface area contributed by atoms with Crippen LogP contribution in [-0.2, 0) is 14.3 Å². The third-order valence-corrected chi connectivity index (χ3v) is 2.87. The van der Waals surface area contributed by atoms with Gasteiger partial charge in [0.2, 0.25) is 0 Å². The molecule has 0 radical (unpaired) electrons. The topological polar surface area (TPSA) is 81.8 Å². The zero-order valence-corrected chi connectivity index (χ0v) is 8.27. The highest BCUT2D eigenvalue weighted by Gasteiger charge is 2.54. The van der Waals surface area contributed by atoms with Crippen LogP contribution < -0.4 is 5.73 Å². The average Bonchev–Trinajstić information content (AvgIpc) is 2.46. The Hall–Kier alpha value is -0.650. The Balaban J connectivity index is 2.11. The molecule has 2 aliphatic rings. The van der Waals surface area contributed by atoms with E-state index in [-0.39, 0.29) is 12.2 Å². The first-order valence-corrected chi connectivity index (χ1v) is 4.75. The molecule has 5 heteroatoms. The Labute approximate surface area is 82.2 Å². The molecule has 1 saturated heterocycles.